The Morgan fingerprint density at radius 3 is 2.48 bits per heavy atom. The first-order chi connectivity index (χ1) is 9.97. The van der Waals surface area contributed by atoms with Gasteiger partial charge in [-0.25, -0.2) is 8.78 Å². The topological polar surface area (TPSA) is 64.3 Å². The van der Waals surface area contributed by atoms with Gasteiger partial charge in [-0.15, -0.1) is 0 Å². The Labute approximate surface area is 123 Å². The number of nitrogens with two attached hydrogens (primary N) is 1. The van der Waals surface area contributed by atoms with Crippen LogP contribution in [0.3, 0.4) is 0 Å². The Balaban J connectivity index is 2.69. The van der Waals surface area contributed by atoms with Gasteiger partial charge in [0.15, 0.2) is 24.0 Å². The van der Waals surface area contributed by atoms with Crippen LogP contribution in [0.2, 0.25) is 0 Å². The van der Waals surface area contributed by atoms with E-state index < -0.39 is 29.9 Å². The van der Waals surface area contributed by atoms with Gasteiger partial charge in [0.05, 0.1) is 0 Å². The van der Waals surface area contributed by atoms with E-state index >= 15 is 0 Å². The molecule has 1 unspecified atom stereocenters. The third kappa shape index (κ3) is 5.67. The van der Waals surface area contributed by atoms with E-state index in [9.17, 15) is 13.6 Å². The molecule has 1 aromatic carbocycles. The van der Waals surface area contributed by atoms with Crippen LogP contribution in [0.25, 0.3) is 0 Å². The van der Waals surface area contributed by atoms with Crippen molar-refractivity contribution in [2.45, 2.75) is 39.2 Å². The molecule has 0 aromatic heterocycles. The lowest BCUT2D eigenvalue weighted by molar-refractivity contribution is -0.123. The summed E-state index contributed by atoms with van der Waals surface area (Å²) in [5, 5.41) is 2.56. The highest BCUT2D eigenvalue weighted by atomic mass is 19.1. The smallest absolute Gasteiger partial charge is 0.257 e. The molecule has 0 aliphatic heterocycles. The minimum Gasteiger partial charge on any atom is -0.478 e. The number of hydrogen-bond acceptors (Lipinski definition) is 3. The summed E-state index contributed by atoms with van der Waals surface area (Å²) in [5.41, 5.74) is 6.23. The third-order valence-corrected chi connectivity index (χ3v) is 3.00. The second-order valence-electron chi connectivity index (χ2n) is 4.90. The second-order valence-corrected chi connectivity index (χ2v) is 4.90. The lowest BCUT2D eigenvalue weighted by Gasteiger charge is -2.12. The molecule has 0 heterocycles. The van der Waals surface area contributed by atoms with Crippen molar-refractivity contribution in [2.24, 2.45) is 5.73 Å². The Morgan fingerprint density at radius 1 is 1.33 bits per heavy atom. The summed E-state index contributed by atoms with van der Waals surface area (Å²) in [6, 6.07) is 2.24. The molecule has 0 bridgehead atoms. The van der Waals surface area contributed by atoms with E-state index in [1.54, 1.807) is 0 Å². The minimum atomic E-state index is -0.823. The first-order valence-corrected chi connectivity index (χ1v) is 7.10. The van der Waals surface area contributed by atoms with Gasteiger partial charge in [-0.3, -0.25) is 4.79 Å². The number of carbonyl (C=O) groups excluding carboxylic acids is 1. The molecule has 6 heteroatoms. The average Bonchev–Trinajstić information content (AvgIpc) is 2.43. The third-order valence-electron chi connectivity index (χ3n) is 3.00. The maximum absolute atomic E-state index is 13.8. The summed E-state index contributed by atoms with van der Waals surface area (Å²) in [5.74, 6) is -2.59. The zero-order chi connectivity index (χ0) is 15.8. The molecule has 0 saturated carbocycles. The maximum atomic E-state index is 13.8. The van der Waals surface area contributed by atoms with Gasteiger partial charge in [-0.1, -0.05) is 13.8 Å². The number of carbonyl (C=O) groups is 1. The number of amides is 1. The number of ether oxygens (including phenoxy) is 1. The Kier molecular flexibility index (Phi) is 7.08. The Morgan fingerprint density at radius 2 is 1.95 bits per heavy atom. The van der Waals surface area contributed by atoms with Crippen LogP contribution in [-0.4, -0.2) is 25.1 Å². The van der Waals surface area contributed by atoms with Crippen LogP contribution < -0.4 is 15.8 Å². The van der Waals surface area contributed by atoms with Gasteiger partial charge >= 0.3 is 0 Å². The zero-order valence-corrected chi connectivity index (χ0v) is 12.4. The minimum absolute atomic E-state index is 0.143. The monoisotopic (exact) mass is 300 g/mol. The van der Waals surface area contributed by atoms with Crippen LogP contribution in [0.4, 0.5) is 8.78 Å². The number of nitrogens with one attached hydrogen (secondary N) is 1. The molecular formula is C15H22F2N2O2. The van der Waals surface area contributed by atoms with Gasteiger partial charge in [-0.2, -0.15) is 0 Å². The molecule has 1 atom stereocenters. The van der Waals surface area contributed by atoms with Crippen LogP contribution in [0.5, 0.6) is 5.75 Å². The van der Waals surface area contributed by atoms with Crippen LogP contribution in [0, 0.1) is 11.6 Å². The highest BCUT2D eigenvalue weighted by molar-refractivity contribution is 5.77. The largest absolute Gasteiger partial charge is 0.478 e. The number of benzene rings is 1. The van der Waals surface area contributed by atoms with Crippen LogP contribution in [-0.2, 0) is 11.2 Å². The van der Waals surface area contributed by atoms with Crippen molar-refractivity contribution in [3.05, 3.63) is 29.3 Å². The summed E-state index contributed by atoms with van der Waals surface area (Å²) >= 11 is 0. The van der Waals surface area contributed by atoms with E-state index in [0.29, 0.717) is 18.5 Å². The molecule has 1 rings (SSSR count). The highest BCUT2D eigenvalue weighted by Crippen LogP contribution is 2.24. The van der Waals surface area contributed by atoms with Gasteiger partial charge < -0.3 is 15.8 Å². The first-order valence-electron chi connectivity index (χ1n) is 7.10. The fourth-order valence-corrected chi connectivity index (χ4v) is 1.77. The average molecular weight is 300 g/mol. The summed E-state index contributed by atoms with van der Waals surface area (Å²) in [4.78, 5) is 11.4. The Bertz CT molecular complexity index is 458. The van der Waals surface area contributed by atoms with Crippen LogP contribution in [0.1, 0.15) is 32.3 Å². The summed E-state index contributed by atoms with van der Waals surface area (Å²) < 4.78 is 32.6. The SMILES string of the molecule is CCCNC(=O)COc1c(F)cc(CC(N)CC)cc1F. The van der Waals surface area contributed by atoms with E-state index in [-0.39, 0.29) is 6.04 Å². The lowest BCUT2D eigenvalue weighted by Crippen LogP contribution is -2.29. The zero-order valence-electron chi connectivity index (χ0n) is 12.4. The van der Waals surface area contributed by atoms with Gasteiger partial charge in [-0.05, 0) is 37.0 Å². The lowest BCUT2D eigenvalue weighted by atomic mass is 10.0. The normalized spacial score (nSPS) is 12.0. The van der Waals surface area contributed by atoms with Crippen molar-refractivity contribution in [2.75, 3.05) is 13.2 Å². The number of hydrogen-bond donors (Lipinski definition) is 2. The van der Waals surface area contributed by atoms with Crippen molar-refractivity contribution in [3.8, 4) is 5.75 Å². The molecule has 1 aromatic rings. The standard InChI is InChI=1S/C15H22F2N2O2/c1-3-5-19-14(20)9-21-15-12(16)7-10(8-13(15)17)6-11(18)4-2/h7-8,11H,3-6,9,18H2,1-2H3,(H,19,20). The van der Waals surface area contributed by atoms with E-state index in [0.717, 1.165) is 12.8 Å². The fraction of sp³-hybridized carbons (Fsp3) is 0.533. The molecule has 0 saturated heterocycles. The molecule has 4 nitrogen and oxygen atoms in total. The first kappa shape index (κ1) is 17.4. The molecule has 0 spiro atoms. The van der Waals surface area contributed by atoms with Crippen molar-refractivity contribution in [1.29, 1.82) is 0 Å². The Hall–Kier alpha value is -1.69. The van der Waals surface area contributed by atoms with Crippen LogP contribution in [0.15, 0.2) is 12.1 Å². The van der Waals surface area contributed by atoms with E-state index in [1.165, 1.54) is 12.1 Å². The predicted molar refractivity (Wildman–Crippen MR) is 77.1 cm³/mol. The number of rotatable bonds is 8. The van der Waals surface area contributed by atoms with E-state index in [1.807, 2.05) is 13.8 Å². The molecule has 0 radical (unpaired) electrons. The number of halogens is 2. The van der Waals surface area contributed by atoms with Crippen molar-refractivity contribution < 1.29 is 18.3 Å². The molecule has 3 N–H and O–H groups in total. The molecule has 0 aliphatic carbocycles. The van der Waals surface area contributed by atoms with Crippen LogP contribution >= 0.6 is 0 Å². The molecule has 0 fully saturated rings. The molecular weight excluding hydrogens is 278 g/mol. The quantitative estimate of drug-likeness (QED) is 0.773. The second kappa shape index (κ2) is 8.56. The van der Waals surface area contributed by atoms with Crippen molar-refractivity contribution in [1.82, 2.24) is 5.32 Å². The molecule has 21 heavy (non-hydrogen) atoms. The molecule has 1 amide bonds. The highest BCUT2D eigenvalue weighted by Gasteiger charge is 2.15. The van der Waals surface area contributed by atoms with Gasteiger partial charge in [0.1, 0.15) is 0 Å². The van der Waals surface area contributed by atoms with Gasteiger partial charge in [0.25, 0.3) is 5.91 Å². The summed E-state index contributed by atoms with van der Waals surface area (Å²) in [6.07, 6.45) is 1.89. The van der Waals surface area contributed by atoms with Crippen molar-refractivity contribution >= 4 is 5.91 Å². The van der Waals surface area contributed by atoms with E-state index in [4.69, 9.17) is 10.5 Å². The van der Waals surface area contributed by atoms with Gasteiger partial charge in [0, 0.05) is 12.6 Å². The molecule has 0 aliphatic rings. The molecule has 118 valence electrons. The summed E-state index contributed by atoms with van der Waals surface area (Å²) in [7, 11) is 0. The maximum Gasteiger partial charge on any atom is 0.257 e. The van der Waals surface area contributed by atoms with E-state index in [2.05, 4.69) is 5.32 Å². The van der Waals surface area contributed by atoms with Gasteiger partial charge in [0.2, 0.25) is 0 Å². The van der Waals surface area contributed by atoms with Crippen molar-refractivity contribution in [3.63, 3.8) is 0 Å². The summed E-state index contributed by atoms with van der Waals surface area (Å²) in [6.45, 7) is 3.90. The predicted octanol–water partition coefficient (Wildman–Crippen LogP) is 2.15. The fourth-order valence-electron chi connectivity index (χ4n) is 1.77.